The van der Waals surface area contributed by atoms with E-state index in [4.69, 9.17) is 0 Å². The number of nitrogens with one attached hydrogen (secondary N) is 1. The number of aromatic amines is 1. The molecule has 0 aliphatic carbocycles. The summed E-state index contributed by atoms with van der Waals surface area (Å²) in [6, 6.07) is 18.4. The van der Waals surface area contributed by atoms with E-state index < -0.39 is 0 Å². The minimum Gasteiger partial charge on any atom is -0.353 e. The van der Waals surface area contributed by atoms with E-state index in [9.17, 15) is 0 Å². The third-order valence-corrected chi connectivity index (χ3v) is 4.35. The van der Waals surface area contributed by atoms with Crippen molar-refractivity contribution >= 4 is 43.4 Å². The number of hydrogen-bond donors (Lipinski definition) is 1. The number of hydrogen-bond acceptors (Lipinski definition) is 3. The van der Waals surface area contributed by atoms with Crippen LogP contribution in [0.1, 0.15) is 0 Å². The molecule has 0 bridgehead atoms. The van der Waals surface area contributed by atoms with Gasteiger partial charge < -0.3 is 4.98 Å². The Morgan fingerprint density at radius 1 is 0.818 bits per heavy atom. The predicted molar refractivity (Wildman–Crippen MR) is 93.2 cm³/mol. The third-order valence-electron chi connectivity index (χ3n) is 3.54. The van der Waals surface area contributed by atoms with E-state index >= 15 is 0 Å². The van der Waals surface area contributed by atoms with Gasteiger partial charge in [0.05, 0.1) is 27.4 Å². The fourth-order valence-electron chi connectivity index (χ4n) is 2.50. The van der Waals surface area contributed by atoms with Crippen LogP contribution in [-0.4, -0.2) is 15.0 Å². The molecular weight excluding hydrogens is 290 g/mol. The van der Waals surface area contributed by atoms with Crippen LogP contribution in [0.2, 0.25) is 0 Å². The second-order valence-corrected chi connectivity index (χ2v) is 5.80. The first-order chi connectivity index (χ1) is 10.9. The molecule has 5 rings (SSSR count). The van der Waals surface area contributed by atoms with Crippen molar-refractivity contribution in [2.75, 3.05) is 0 Å². The molecule has 3 heterocycles. The van der Waals surface area contributed by atoms with Gasteiger partial charge in [-0.15, -0.1) is 11.3 Å². The summed E-state index contributed by atoms with van der Waals surface area (Å²) in [5.41, 5.74) is 5.24. The van der Waals surface area contributed by atoms with E-state index in [1.54, 1.807) is 11.3 Å². The summed E-state index contributed by atoms with van der Waals surface area (Å²) in [7, 11) is 0. The van der Waals surface area contributed by atoms with Crippen LogP contribution in [-0.2, 0) is 0 Å². The van der Waals surface area contributed by atoms with Crippen molar-refractivity contribution in [1.29, 1.82) is 0 Å². The minimum absolute atomic E-state index is 1.10. The summed E-state index contributed by atoms with van der Waals surface area (Å²) < 4.78 is 1.26. The molecule has 0 unspecified atom stereocenters. The van der Waals surface area contributed by atoms with Gasteiger partial charge in [-0.3, -0.25) is 4.98 Å². The van der Waals surface area contributed by atoms with Crippen LogP contribution in [0.5, 0.6) is 0 Å². The Hall–Kier alpha value is -2.72. The lowest BCUT2D eigenvalue weighted by molar-refractivity contribution is 1.35. The first-order valence-electron chi connectivity index (χ1n) is 7.00. The van der Waals surface area contributed by atoms with Crippen molar-refractivity contribution in [3.63, 3.8) is 0 Å². The highest BCUT2D eigenvalue weighted by Crippen LogP contribution is 2.23. The average molecular weight is 303 g/mol. The summed E-state index contributed by atoms with van der Waals surface area (Å²) in [5.74, 6) is 0. The topological polar surface area (TPSA) is 41.6 Å². The molecule has 0 atom stereocenters. The molecule has 2 aromatic carbocycles. The van der Waals surface area contributed by atoms with Gasteiger partial charge in [0, 0.05) is 22.5 Å². The normalized spacial score (nSPS) is 10.7. The Morgan fingerprint density at radius 2 is 1.64 bits per heavy atom. The summed E-state index contributed by atoms with van der Waals surface area (Å²) in [6.07, 6.45) is 3.68. The van der Waals surface area contributed by atoms with E-state index in [0.717, 1.165) is 11.0 Å². The highest BCUT2D eigenvalue weighted by Gasteiger charge is 2.00. The fraction of sp³-hybridized carbons (Fsp3) is 0. The second kappa shape index (κ2) is 5.58. The lowest BCUT2D eigenvalue weighted by atomic mass is 10.2. The number of para-hydroxylation sites is 2. The number of fused-ring (bicyclic) bond motifs is 4. The molecule has 0 saturated heterocycles. The maximum atomic E-state index is 4.14. The summed E-state index contributed by atoms with van der Waals surface area (Å²) >= 11 is 1.68. The standard InChI is InChI=1S/C11H8N2.C7H5NS/c1-2-4-10-8(3-1)9-5-6-12-7-11(9)13-10;1-2-4-7-6(3-1)8-5-9-7/h1-7,13H;1-5H. The van der Waals surface area contributed by atoms with Crippen LogP contribution in [0.4, 0.5) is 0 Å². The van der Waals surface area contributed by atoms with Crippen LogP contribution in [0.3, 0.4) is 0 Å². The van der Waals surface area contributed by atoms with Crippen molar-refractivity contribution in [2.45, 2.75) is 0 Å². The largest absolute Gasteiger partial charge is 0.353 e. The van der Waals surface area contributed by atoms with Crippen LogP contribution >= 0.6 is 11.3 Å². The molecule has 0 radical (unpaired) electrons. The number of nitrogens with zero attached hydrogens (tertiary/aromatic N) is 2. The third kappa shape index (κ3) is 2.34. The van der Waals surface area contributed by atoms with Crippen LogP contribution in [0.25, 0.3) is 32.0 Å². The Morgan fingerprint density at radius 3 is 2.59 bits per heavy atom. The summed E-state index contributed by atoms with van der Waals surface area (Å²) in [4.78, 5) is 11.5. The van der Waals surface area contributed by atoms with Gasteiger partial charge in [0.2, 0.25) is 0 Å². The molecule has 4 heteroatoms. The first kappa shape index (κ1) is 13.0. The highest BCUT2D eigenvalue weighted by molar-refractivity contribution is 7.16. The van der Waals surface area contributed by atoms with Crippen molar-refractivity contribution in [1.82, 2.24) is 15.0 Å². The molecule has 3 nitrogen and oxygen atoms in total. The van der Waals surface area contributed by atoms with Gasteiger partial charge in [-0.05, 0) is 24.3 Å². The summed E-state index contributed by atoms with van der Waals surface area (Å²) in [5, 5.41) is 2.51. The van der Waals surface area contributed by atoms with Crippen LogP contribution < -0.4 is 0 Å². The van der Waals surface area contributed by atoms with E-state index in [1.165, 1.54) is 21.0 Å². The quantitative estimate of drug-likeness (QED) is 0.437. The van der Waals surface area contributed by atoms with Crippen molar-refractivity contribution in [3.05, 3.63) is 72.5 Å². The van der Waals surface area contributed by atoms with Gasteiger partial charge in [-0.25, -0.2) is 4.98 Å². The lowest BCUT2D eigenvalue weighted by Crippen LogP contribution is -1.68. The molecule has 0 fully saturated rings. The van der Waals surface area contributed by atoms with Crippen LogP contribution in [0, 0.1) is 0 Å². The van der Waals surface area contributed by atoms with Crippen molar-refractivity contribution in [2.24, 2.45) is 0 Å². The number of thiazole rings is 1. The first-order valence-corrected chi connectivity index (χ1v) is 7.88. The van der Waals surface area contributed by atoms with Gasteiger partial charge in [0.25, 0.3) is 0 Å². The Balaban J connectivity index is 0.000000122. The molecule has 0 aliphatic heterocycles. The smallest absolute Gasteiger partial charge is 0.0812 e. The SMILES string of the molecule is c1ccc2c(c1)[nH]c1cnccc12.c1ccc2scnc2c1. The van der Waals surface area contributed by atoms with Gasteiger partial charge in [0.15, 0.2) is 0 Å². The van der Waals surface area contributed by atoms with Gasteiger partial charge in [-0.1, -0.05) is 30.3 Å². The Bertz CT molecular complexity index is 965. The zero-order chi connectivity index (χ0) is 14.8. The molecule has 1 N–H and O–H groups in total. The van der Waals surface area contributed by atoms with Gasteiger partial charge in [0.1, 0.15) is 0 Å². The van der Waals surface area contributed by atoms with E-state index in [1.807, 2.05) is 48.2 Å². The van der Waals surface area contributed by atoms with Crippen LogP contribution in [0.15, 0.2) is 72.5 Å². The maximum Gasteiger partial charge on any atom is 0.0812 e. The van der Waals surface area contributed by atoms with Gasteiger partial charge in [-0.2, -0.15) is 0 Å². The lowest BCUT2D eigenvalue weighted by Gasteiger charge is -1.87. The Labute approximate surface area is 131 Å². The maximum absolute atomic E-state index is 4.14. The molecule has 106 valence electrons. The highest BCUT2D eigenvalue weighted by atomic mass is 32.1. The molecule has 3 aromatic heterocycles. The number of pyridine rings is 1. The van der Waals surface area contributed by atoms with Gasteiger partial charge >= 0.3 is 0 Å². The molecule has 0 aliphatic rings. The van der Waals surface area contributed by atoms with E-state index in [0.29, 0.717) is 0 Å². The monoisotopic (exact) mass is 303 g/mol. The number of H-pyrrole nitrogens is 1. The average Bonchev–Trinajstić information content (AvgIpc) is 3.19. The number of rotatable bonds is 0. The molecular formula is C18H13N3S. The predicted octanol–water partition coefficient (Wildman–Crippen LogP) is 5.01. The van der Waals surface area contributed by atoms with E-state index in [2.05, 4.69) is 39.2 Å². The fourth-order valence-corrected chi connectivity index (χ4v) is 3.18. The van der Waals surface area contributed by atoms with Crippen molar-refractivity contribution < 1.29 is 0 Å². The molecule has 0 saturated carbocycles. The zero-order valence-electron chi connectivity index (χ0n) is 11.7. The molecule has 0 spiro atoms. The van der Waals surface area contributed by atoms with Crippen molar-refractivity contribution in [3.8, 4) is 0 Å². The summed E-state index contributed by atoms with van der Waals surface area (Å²) in [6.45, 7) is 0. The second-order valence-electron chi connectivity index (χ2n) is 4.91. The number of aromatic nitrogens is 3. The minimum atomic E-state index is 1.10. The van der Waals surface area contributed by atoms with E-state index in [-0.39, 0.29) is 0 Å². The molecule has 0 amide bonds. The molecule has 5 aromatic rings. The molecule has 22 heavy (non-hydrogen) atoms. The number of benzene rings is 2. The zero-order valence-corrected chi connectivity index (χ0v) is 12.5. The Kier molecular flexibility index (Phi) is 3.29.